The summed E-state index contributed by atoms with van der Waals surface area (Å²) in [5, 5.41) is 6.53. The Morgan fingerprint density at radius 1 is 1.17 bits per heavy atom. The Morgan fingerprint density at radius 2 is 1.96 bits per heavy atom. The molecule has 2 heterocycles. The number of hydrogen-bond acceptors (Lipinski definition) is 7. The average molecular weight is 329 g/mol. The Kier molecular flexibility index (Phi) is 5.81. The molecule has 1 saturated heterocycles. The fraction of sp³-hybridized carbons (Fsp3) is 0.412. The fourth-order valence-corrected chi connectivity index (χ4v) is 2.49. The van der Waals surface area contributed by atoms with Crippen LogP contribution < -0.4 is 15.4 Å². The summed E-state index contributed by atoms with van der Waals surface area (Å²) in [6.45, 7) is 5.38. The van der Waals surface area contributed by atoms with Crippen LogP contribution in [-0.4, -0.2) is 61.4 Å². The molecule has 1 aliphatic heterocycles. The van der Waals surface area contributed by atoms with Crippen molar-refractivity contribution in [1.82, 2.24) is 14.9 Å². The zero-order chi connectivity index (χ0) is 16.6. The van der Waals surface area contributed by atoms with Crippen LogP contribution in [0.2, 0.25) is 0 Å². The zero-order valence-corrected chi connectivity index (χ0v) is 13.9. The Balaban J connectivity index is 1.51. The van der Waals surface area contributed by atoms with E-state index in [2.05, 4.69) is 25.5 Å². The zero-order valence-electron chi connectivity index (χ0n) is 13.9. The van der Waals surface area contributed by atoms with Crippen LogP contribution in [0.5, 0.6) is 5.75 Å². The van der Waals surface area contributed by atoms with Gasteiger partial charge in [-0.25, -0.2) is 4.98 Å². The van der Waals surface area contributed by atoms with Gasteiger partial charge in [0.25, 0.3) is 0 Å². The molecule has 7 heteroatoms. The lowest BCUT2D eigenvalue weighted by molar-refractivity contribution is 0.0398. The van der Waals surface area contributed by atoms with Crippen molar-refractivity contribution in [3.05, 3.63) is 36.5 Å². The molecule has 0 aliphatic carbocycles. The van der Waals surface area contributed by atoms with E-state index < -0.39 is 0 Å². The molecule has 1 aliphatic rings. The highest BCUT2D eigenvalue weighted by molar-refractivity contribution is 5.57. The second-order valence-electron chi connectivity index (χ2n) is 5.50. The van der Waals surface area contributed by atoms with Crippen LogP contribution in [0.1, 0.15) is 0 Å². The summed E-state index contributed by atoms with van der Waals surface area (Å²) >= 11 is 0. The molecule has 0 radical (unpaired) electrons. The minimum absolute atomic E-state index is 0.627. The highest BCUT2D eigenvalue weighted by Crippen LogP contribution is 2.18. The van der Waals surface area contributed by atoms with Crippen molar-refractivity contribution in [1.29, 1.82) is 0 Å². The summed E-state index contributed by atoms with van der Waals surface area (Å²) in [6, 6.07) is 9.56. The van der Waals surface area contributed by atoms with Gasteiger partial charge in [0.15, 0.2) is 0 Å². The van der Waals surface area contributed by atoms with Gasteiger partial charge in [0.05, 0.1) is 20.3 Å². The van der Waals surface area contributed by atoms with E-state index in [0.29, 0.717) is 5.95 Å². The number of rotatable bonds is 7. The number of morpholine rings is 1. The largest absolute Gasteiger partial charge is 0.497 e. The Bertz CT molecular complexity index is 629. The third kappa shape index (κ3) is 4.81. The summed E-state index contributed by atoms with van der Waals surface area (Å²) in [4.78, 5) is 11.1. The number of nitrogens with one attached hydrogen (secondary N) is 2. The van der Waals surface area contributed by atoms with Crippen LogP contribution in [0.3, 0.4) is 0 Å². The fourth-order valence-electron chi connectivity index (χ4n) is 2.49. The Hall–Kier alpha value is -2.38. The topological polar surface area (TPSA) is 71.5 Å². The smallest absolute Gasteiger partial charge is 0.224 e. The molecule has 7 nitrogen and oxygen atoms in total. The first-order valence-corrected chi connectivity index (χ1v) is 8.11. The van der Waals surface area contributed by atoms with Crippen molar-refractivity contribution in [2.24, 2.45) is 0 Å². The quantitative estimate of drug-likeness (QED) is 0.804. The monoisotopic (exact) mass is 329 g/mol. The van der Waals surface area contributed by atoms with Gasteiger partial charge in [0.1, 0.15) is 11.6 Å². The maximum absolute atomic E-state index is 5.35. The van der Waals surface area contributed by atoms with Crippen molar-refractivity contribution in [2.45, 2.75) is 0 Å². The van der Waals surface area contributed by atoms with Gasteiger partial charge < -0.3 is 20.1 Å². The molecule has 0 unspecified atom stereocenters. The minimum atomic E-state index is 0.627. The molecule has 24 heavy (non-hydrogen) atoms. The van der Waals surface area contributed by atoms with Crippen LogP contribution in [0.15, 0.2) is 36.5 Å². The van der Waals surface area contributed by atoms with Crippen molar-refractivity contribution >= 4 is 17.5 Å². The van der Waals surface area contributed by atoms with Gasteiger partial charge in [-0.1, -0.05) is 0 Å². The lowest BCUT2D eigenvalue weighted by Crippen LogP contribution is -2.39. The molecule has 2 N–H and O–H groups in total. The Labute approximate surface area is 142 Å². The molecule has 1 aromatic heterocycles. The molecule has 0 spiro atoms. The Morgan fingerprint density at radius 3 is 2.71 bits per heavy atom. The van der Waals surface area contributed by atoms with E-state index >= 15 is 0 Å². The van der Waals surface area contributed by atoms with Gasteiger partial charge >= 0.3 is 0 Å². The first-order valence-electron chi connectivity index (χ1n) is 8.11. The highest BCUT2D eigenvalue weighted by Gasteiger charge is 2.09. The summed E-state index contributed by atoms with van der Waals surface area (Å²) < 4.78 is 10.5. The van der Waals surface area contributed by atoms with Gasteiger partial charge in [-0.05, 0) is 30.3 Å². The molecule has 1 aromatic carbocycles. The van der Waals surface area contributed by atoms with Crippen molar-refractivity contribution in [3.63, 3.8) is 0 Å². The van der Waals surface area contributed by atoms with E-state index in [1.54, 1.807) is 13.3 Å². The number of anilines is 3. The summed E-state index contributed by atoms with van der Waals surface area (Å²) in [5.41, 5.74) is 0.953. The molecule has 0 bridgehead atoms. The summed E-state index contributed by atoms with van der Waals surface area (Å²) in [6.07, 6.45) is 1.75. The van der Waals surface area contributed by atoms with Crippen LogP contribution in [0.25, 0.3) is 0 Å². The maximum atomic E-state index is 5.35. The summed E-state index contributed by atoms with van der Waals surface area (Å²) in [5.74, 6) is 2.21. The van der Waals surface area contributed by atoms with E-state index in [1.807, 2.05) is 30.3 Å². The van der Waals surface area contributed by atoms with E-state index in [9.17, 15) is 0 Å². The number of ether oxygens (including phenoxy) is 2. The molecular formula is C17H23N5O2. The number of hydrogen-bond donors (Lipinski definition) is 2. The second-order valence-corrected chi connectivity index (χ2v) is 5.50. The predicted molar refractivity (Wildman–Crippen MR) is 94.1 cm³/mol. The first-order chi connectivity index (χ1) is 11.8. The number of benzene rings is 1. The number of nitrogens with zero attached hydrogens (tertiary/aromatic N) is 3. The summed E-state index contributed by atoms with van der Waals surface area (Å²) in [7, 11) is 1.65. The third-order valence-corrected chi connectivity index (χ3v) is 3.83. The van der Waals surface area contributed by atoms with Gasteiger partial charge in [-0.15, -0.1) is 0 Å². The first kappa shape index (κ1) is 16.5. The van der Waals surface area contributed by atoms with E-state index in [1.165, 1.54) is 0 Å². The van der Waals surface area contributed by atoms with Crippen LogP contribution in [-0.2, 0) is 4.74 Å². The van der Waals surface area contributed by atoms with E-state index in [4.69, 9.17) is 9.47 Å². The van der Waals surface area contributed by atoms with Crippen LogP contribution >= 0.6 is 0 Å². The predicted octanol–water partition coefficient (Wildman–Crippen LogP) is 1.97. The molecule has 0 atom stereocenters. The molecule has 0 amide bonds. The number of methoxy groups -OCH3 is 1. The lowest BCUT2D eigenvalue weighted by Gasteiger charge is -2.26. The van der Waals surface area contributed by atoms with Gasteiger partial charge in [-0.2, -0.15) is 4.98 Å². The van der Waals surface area contributed by atoms with E-state index in [0.717, 1.165) is 56.6 Å². The normalized spacial score (nSPS) is 15.0. The van der Waals surface area contributed by atoms with Gasteiger partial charge in [0, 0.05) is 38.1 Å². The molecule has 1 fully saturated rings. The lowest BCUT2D eigenvalue weighted by atomic mass is 10.3. The third-order valence-electron chi connectivity index (χ3n) is 3.83. The number of aromatic nitrogens is 2. The standard InChI is InChI=1S/C17H23N5O2/c1-23-15-4-2-14(3-5-15)20-16-6-7-18-17(21-16)19-8-9-22-10-12-24-13-11-22/h2-7H,8-13H2,1H3,(H2,18,19,20,21). The molecule has 3 rings (SSSR count). The highest BCUT2D eigenvalue weighted by atomic mass is 16.5. The van der Waals surface area contributed by atoms with Crippen molar-refractivity contribution < 1.29 is 9.47 Å². The van der Waals surface area contributed by atoms with Crippen LogP contribution in [0.4, 0.5) is 17.5 Å². The van der Waals surface area contributed by atoms with Crippen molar-refractivity contribution in [2.75, 3.05) is 57.1 Å². The average Bonchev–Trinajstić information content (AvgIpc) is 2.64. The minimum Gasteiger partial charge on any atom is -0.497 e. The maximum Gasteiger partial charge on any atom is 0.224 e. The molecule has 0 saturated carbocycles. The van der Waals surface area contributed by atoms with Crippen LogP contribution in [0, 0.1) is 0 Å². The van der Waals surface area contributed by atoms with Gasteiger partial charge in [-0.3, -0.25) is 4.90 Å². The second kappa shape index (κ2) is 8.47. The van der Waals surface area contributed by atoms with E-state index in [-0.39, 0.29) is 0 Å². The van der Waals surface area contributed by atoms with Crippen molar-refractivity contribution in [3.8, 4) is 5.75 Å². The molecule has 2 aromatic rings. The SMILES string of the molecule is COc1ccc(Nc2ccnc(NCCN3CCOCC3)n2)cc1. The van der Waals surface area contributed by atoms with Gasteiger partial charge in [0.2, 0.25) is 5.95 Å². The molecular weight excluding hydrogens is 306 g/mol. The molecule has 128 valence electrons.